The van der Waals surface area contributed by atoms with E-state index in [1.165, 1.54) is 50.5 Å². The number of hydrogen-bond acceptors (Lipinski definition) is 8. The molecule has 0 radical (unpaired) electrons. The van der Waals surface area contributed by atoms with Crippen LogP contribution in [0.5, 0.6) is 0 Å². The second kappa shape index (κ2) is 16.6. The fourth-order valence-electron chi connectivity index (χ4n) is 8.36. The zero-order valence-corrected chi connectivity index (χ0v) is 29.5. The minimum atomic E-state index is -1.31. The quantitative estimate of drug-likeness (QED) is 0.179. The number of aliphatic hydroxyl groups excluding tert-OH is 1. The van der Waals surface area contributed by atoms with Gasteiger partial charge in [0, 0.05) is 63.9 Å². The molecule has 2 heterocycles. The Kier molecular flexibility index (Phi) is 13.1. The molecular weight excluding hydrogens is 638 g/mol. The average Bonchev–Trinajstić information content (AvgIpc) is 3.70. The average molecular weight is 692 g/mol. The van der Waals surface area contributed by atoms with Crippen LogP contribution in [0, 0.1) is 22.7 Å². The Morgan fingerprint density at radius 3 is 2.29 bits per heavy atom. The first-order valence-corrected chi connectivity index (χ1v) is 18.1. The molecule has 2 bridgehead atoms. The molecule has 12 nitrogen and oxygen atoms in total. The lowest BCUT2D eigenvalue weighted by Gasteiger charge is -2.49. The van der Waals surface area contributed by atoms with Crippen molar-refractivity contribution >= 4 is 47.3 Å². The molecule has 0 aromatic carbocycles. The lowest BCUT2D eigenvalue weighted by molar-refractivity contribution is -0.171. The lowest BCUT2D eigenvalue weighted by atomic mass is 9.51. The molecular formula is C35H54ClN5O7. The number of hydrogen-bond donors (Lipinski definition) is 4. The largest absolute Gasteiger partial charge is 0.391 e. The smallest absolute Gasteiger partial charge is 0.241 e. The van der Waals surface area contributed by atoms with Gasteiger partial charge in [-0.3, -0.25) is 28.8 Å². The lowest BCUT2D eigenvalue weighted by Crippen LogP contribution is -2.63. The van der Waals surface area contributed by atoms with Gasteiger partial charge in [-0.1, -0.05) is 31.3 Å². The van der Waals surface area contributed by atoms with E-state index in [1.54, 1.807) is 17.5 Å². The first-order valence-electron chi connectivity index (χ1n) is 17.6. The Balaban J connectivity index is 0.000000175. The third-order valence-corrected chi connectivity index (χ3v) is 12.0. The molecule has 6 fully saturated rings. The van der Waals surface area contributed by atoms with Crippen molar-refractivity contribution in [2.75, 3.05) is 40.3 Å². The van der Waals surface area contributed by atoms with Crippen LogP contribution in [-0.2, 0) is 28.8 Å². The molecule has 0 aromatic heterocycles. The maximum Gasteiger partial charge on any atom is 0.241 e. The number of halogens is 1. The van der Waals surface area contributed by atoms with Crippen LogP contribution in [0.1, 0.15) is 90.4 Å². The normalized spacial score (nSPS) is 33.5. The number of amides is 4. The number of rotatable bonds is 7. The summed E-state index contributed by atoms with van der Waals surface area (Å²) < 4.78 is 0. The van der Waals surface area contributed by atoms with Crippen LogP contribution < -0.4 is 16.0 Å². The molecule has 7 atom stereocenters. The molecule has 7 rings (SSSR count). The summed E-state index contributed by atoms with van der Waals surface area (Å²) in [7, 11) is 3.20. The molecule has 268 valence electrons. The van der Waals surface area contributed by atoms with Crippen molar-refractivity contribution in [1.82, 2.24) is 25.8 Å². The molecule has 0 spiro atoms. The van der Waals surface area contributed by atoms with Gasteiger partial charge in [0.1, 0.15) is 22.4 Å². The van der Waals surface area contributed by atoms with Crippen LogP contribution in [0.2, 0.25) is 0 Å². The van der Waals surface area contributed by atoms with E-state index in [0.717, 1.165) is 24.8 Å². The Morgan fingerprint density at radius 2 is 1.69 bits per heavy atom. The Labute approximate surface area is 289 Å². The molecule has 5 aliphatic carbocycles. The van der Waals surface area contributed by atoms with Crippen LogP contribution in [0.15, 0.2) is 11.8 Å². The summed E-state index contributed by atoms with van der Waals surface area (Å²) in [6.07, 6.45) is 13.0. The number of carbonyl (C=O) groups excluding carboxylic acids is 6. The van der Waals surface area contributed by atoms with E-state index in [1.807, 2.05) is 0 Å². The number of carbonyl (C=O) groups is 6. The zero-order valence-electron chi connectivity index (χ0n) is 28.7. The number of β-amino-alcohol motifs (C(OH)–C–C–N with tert-alkyl or cyclic N) is 1. The first-order chi connectivity index (χ1) is 22.9. The van der Waals surface area contributed by atoms with Gasteiger partial charge >= 0.3 is 0 Å². The molecule has 0 aromatic rings. The summed E-state index contributed by atoms with van der Waals surface area (Å²) in [5, 5.41) is 18.0. The highest BCUT2D eigenvalue weighted by molar-refractivity contribution is 6.21. The zero-order chi connectivity index (χ0) is 35.1. The van der Waals surface area contributed by atoms with Gasteiger partial charge in [-0.05, 0) is 64.0 Å². The van der Waals surface area contributed by atoms with Crippen molar-refractivity contribution in [3.05, 3.63) is 11.8 Å². The number of aliphatic hydroxyl groups is 1. The van der Waals surface area contributed by atoms with Crippen LogP contribution in [-0.4, -0.2) is 108 Å². The van der Waals surface area contributed by atoms with Crippen molar-refractivity contribution in [2.45, 2.75) is 108 Å². The molecule has 1 saturated heterocycles. The summed E-state index contributed by atoms with van der Waals surface area (Å²) in [5.41, 5.74) is -1.01. The standard InChI is InChI=1S/C15H20N2O5.C11H19ClN2O2.C9H15N/c1-16-12(21)14-3-4-15(7-10(14)19,11(20)6-14)13(22)17-5-2-9(18)8-17;1-14(11(16)6-13-8-15)7-9-4-2-3-5-10(9)12;1-7-6-10-9-5-3-2-4-8(7)9/h9,18H,2-8H2,1H3,(H,16,21);8-10H,2-7H2,1H3,(H,13,15);6,8-10H,2-5H2,1H3. The number of fused-ring (bicyclic) bond motifs is 4. The molecule has 13 heteroatoms. The van der Waals surface area contributed by atoms with Crippen molar-refractivity contribution in [2.24, 2.45) is 22.7 Å². The maximum atomic E-state index is 12.8. The van der Waals surface area contributed by atoms with Gasteiger partial charge in [-0.2, -0.15) is 0 Å². The van der Waals surface area contributed by atoms with Gasteiger partial charge < -0.3 is 30.9 Å². The minimum Gasteiger partial charge on any atom is -0.391 e. The summed E-state index contributed by atoms with van der Waals surface area (Å²) in [6.45, 7) is 3.63. The SMILES string of the molecule is CC1=CNC2CCCCC12.CN(CC1CCCCC1Cl)C(=O)CNC=O.CNC(=O)C12CCC(C(=O)N3CCC(O)C3)(CC1=O)C(=O)C2. The minimum absolute atomic E-state index is 0.0680. The van der Waals surface area contributed by atoms with Crippen LogP contribution in [0.3, 0.4) is 0 Å². The number of nitrogens with one attached hydrogen (secondary N) is 3. The third-order valence-electron chi connectivity index (χ3n) is 11.5. The van der Waals surface area contributed by atoms with Gasteiger partial charge in [0.15, 0.2) is 0 Å². The fraction of sp³-hybridized carbons (Fsp3) is 0.771. The Bertz CT molecular complexity index is 1260. The molecule has 4 N–H and O–H groups in total. The summed E-state index contributed by atoms with van der Waals surface area (Å²) in [4.78, 5) is 74.6. The molecule has 2 aliphatic heterocycles. The van der Waals surface area contributed by atoms with Crippen LogP contribution in [0.25, 0.3) is 0 Å². The van der Waals surface area contributed by atoms with E-state index in [0.29, 0.717) is 31.8 Å². The topological polar surface area (TPSA) is 165 Å². The summed E-state index contributed by atoms with van der Waals surface area (Å²) in [5.74, 6) is -0.203. The highest BCUT2D eigenvalue weighted by Crippen LogP contribution is 2.54. The number of likely N-dealkylation sites (tertiary alicyclic amines) is 1. The Morgan fingerprint density at radius 1 is 1.04 bits per heavy atom. The van der Waals surface area contributed by atoms with Crippen molar-refractivity contribution in [3.8, 4) is 0 Å². The predicted octanol–water partition coefficient (Wildman–Crippen LogP) is 2.06. The number of Topliss-reactive ketones (excluding diaryl/α,β-unsaturated/α-hetero) is 2. The molecule has 7 unspecified atom stereocenters. The predicted molar refractivity (Wildman–Crippen MR) is 181 cm³/mol. The highest BCUT2D eigenvalue weighted by Gasteiger charge is 2.65. The maximum absolute atomic E-state index is 12.8. The fourth-order valence-corrected chi connectivity index (χ4v) is 8.72. The monoisotopic (exact) mass is 691 g/mol. The second-order valence-corrected chi connectivity index (χ2v) is 15.1. The van der Waals surface area contributed by atoms with Gasteiger partial charge in [-0.15, -0.1) is 11.6 Å². The number of ketones is 2. The molecule has 7 aliphatic rings. The molecule has 48 heavy (non-hydrogen) atoms. The van der Waals surface area contributed by atoms with Crippen LogP contribution >= 0.6 is 11.6 Å². The van der Waals surface area contributed by atoms with E-state index in [2.05, 4.69) is 29.1 Å². The number of nitrogens with zero attached hydrogens (tertiary/aromatic N) is 2. The number of alkyl halides is 1. The van der Waals surface area contributed by atoms with E-state index in [-0.39, 0.29) is 67.5 Å². The van der Waals surface area contributed by atoms with E-state index < -0.39 is 22.8 Å². The van der Waals surface area contributed by atoms with Crippen molar-refractivity contribution in [1.29, 1.82) is 0 Å². The van der Waals surface area contributed by atoms with E-state index in [9.17, 15) is 33.9 Å². The van der Waals surface area contributed by atoms with Gasteiger partial charge in [0.05, 0.1) is 12.6 Å². The van der Waals surface area contributed by atoms with Crippen molar-refractivity contribution < 1.29 is 33.9 Å². The van der Waals surface area contributed by atoms with Crippen molar-refractivity contribution in [3.63, 3.8) is 0 Å². The number of likely N-dealkylation sites (N-methyl/N-ethyl adjacent to an activating group) is 1. The first kappa shape index (κ1) is 37.8. The Hall–Kier alpha value is -2.99. The van der Waals surface area contributed by atoms with E-state index in [4.69, 9.17) is 11.6 Å². The van der Waals surface area contributed by atoms with Gasteiger partial charge in [0.25, 0.3) is 0 Å². The molecule has 4 amide bonds. The van der Waals surface area contributed by atoms with E-state index >= 15 is 0 Å². The van der Waals surface area contributed by atoms with Gasteiger partial charge in [-0.25, -0.2) is 0 Å². The highest BCUT2D eigenvalue weighted by atomic mass is 35.5. The second-order valence-electron chi connectivity index (χ2n) is 14.5. The third kappa shape index (κ3) is 8.23. The summed E-state index contributed by atoms with van der Waals surface area (Å²) in [6, 6.07) is 0.800. The van der Waals surface area contributed by atoms with Gasteiger partial charge in [0.2, 0.25) is 24.1 Å². The molecule has 5 saturated carbocycles. The summed E-state index contributed by atoms with van der Waals surface area (Å²) >= 11 is 6.23. The van der Waals surface area contributed by atoms with Crippen LogP contribution in [0.4, 0.5) is 0 Å².